The summed E-state index contributed by atoms with van der Waals surface area (Å²) in [7, 11) is 0. The Hall–Kier alpha value is -2.44. The van der Waals surface area contributed by atoms with Crippen LogP contribution in [0.3, 0.4) is 0 Å². The van der Waals surface area contributed by atoms with E-state index in [1.54, 1.807) is 24.5 Å². The lowest BCUT2D eigenvalue weighted by Crippen LogP contribution is -2.50. The van der Waals surface area contributed by atoms with Crippen molar-refractivity contribution in [3.8, 4) is 5.75 Å². The molecule has 1 aromatic carbocycles. The Labute approximate surface area is 147 Å². The van der Waals surface area contributed by atoms with Gasteiger partial charge in [-0.05, 0) is 17.7 Å². The third-order valence-corrected chi connectivity index (χ3v) is 4.34. The smallest absolute Gasteiger partial charge is 0.260 e. The summed E-state index contributed by atoms with van der Waals surface area (Å²) in [6, 6.07) is 13.2. The van der Waals surface area contributed by atoms with Crippen LogP contribution in [0.15, 0.2) is 54.9 Å². The summed E-state index contributed by atoms with van der Waals surface area (Å²) in [4.78, 5) is 20.2. The van der Waals surface area contributed by atoms with E-state index in [1.807, 2.05) is 35.2 Å². The first-order chi connectivity index (χ1) is 12.2. The SMILES string of the molecule is O=C(COc1cccnc1)N1CCN(C[C@@H](O)c2ccccc2)CC1. The summed E-state index contributed by atoms with van der Waals surface area (Å²) in [5.74, 6) is 0.576. The summed E-state index contributed by atoms with van der Waals surface area (Å²) in [6.07, 6.45) is 2.76. The van der Waals surface area contributed by atoms with Gasteiger partial charge in [0.25, 0.3) is 5.91 Å². The van der Waals surface area contributed by atoms with Gasteiger partial charge in [-0.25, -0.2) is 0 Å². The second-order valence-corrected chi connectivity index (χ2v) is 6.09. The number of benzene rings is 1. The van der Waals surface area contributed by atoms with Gasteiger partial charge in [0.05, 0.1) is 12.3 Å². The van der Waals surface area contributed by atoms with Crippen LogP contribution in [-0.4, -0.2) is 65.1 Å². The molecule has 1 N–H and O–H groups in total. The standard InChI is InChI=1S/C19H23N3O3/c23-18(16-5-2-1-3-6-16)14-21-9-11-22(12-10-21)19(24)15-25-17-7-4-8-20-13-17/h1-8,13,18,23H,9-12,14-15H2/t18-/m1/s1. The van der Waals surface area contributed by atoms with E-state index in [-0.39, 0.29) is 12.5 Å². The van der Waals surface area contributed by atoms with Crippen molar-refractivity contribution < 1.29 is 14.6 Å². The van der Waals surface area contributed by atoms with E-state index >= 15 is 0 Å². The molecule has 0 aliphatic carbocycles. The van der Waals surface area contributed by atoms with Gasteiger partial charge in [-0.15, -0.1) is 0 Å². The minimum absolute atomic E-state index is 0.0212. The fraction of sp³-hybridized carbons (Fsp3) is 0.368. The van der Waals surface area contributed by atoms with E-state index in [1.165, 1.54) is 0 Å². The van der Waals surface area contributed by atoms with Gasteiger partial charge in [0.2, 0.25) is 0 Å². The molecule has 25 heavy (non-hydrogen) atoms. The number of ether oxygens (including phenoxy) is 1. The summed E-state index contributed by atoms with van der Waals surface area (Å²) >= 11 is 0. The summed E-state index contributed by atoms with van der Waals surface area (Å²) in [5, 5.41) is 10.3. The van der Waals surface area contributed by atoms with Crippen molar-refractivity contribution in [3.63, 3.8) is 0 Å². The number of aromatic nitrogens is 1. The minimum Gasteiger partial charge on any atom is -0.482 e. The van der Waals surface area contributed by atoms with Gasteiger partial charge in [-0.1, -0.05) is 30.3 Å². The molecule has 1 aliphatic rings. The molecule has 1 atom stereocenters. The summed E-state index contributed by atoms with van der Waals surface area (Å²) in [5.41, 5.74) is 0.922. The summed E-state index contributed by atoms with van der Waals surface area (Å²) in [6.45, 7) is 3.41. The number of carbonyl (C=O) groups is 1. The van der Waals surface area contributed by atoms with Crippen LogP contribution in [0, 0.1) is 0 Å². The zero-order valence-electron chi connectivity index (χ0n) is 14.1. The quantitative estimate of drug-likeness (QED) is 0.859. The molecule has 0 radical (unpaired) electrons. The van der Waals surface area contributed by atoms with E-state index in [2.05, 4.69) is 9.88 Å². The molecule has 6 heteroatoms. The lowest BCUT2D eigenvalue weighted by Gasteiger charge is -2.35. The molecule has 1 aliphatic heterocycles. The fourth-order valence-corrected chi connectivity index (χ4v) is 2.87. The lowest BCUT2D eigenvalue weighted by molar-refractivity contribution is -0.135. The Morgan fingerprint density at radius 3 is 2.56 bits per heavy atom. The van der Waals surface area contributed by atoms with Crippen LogP contribution in [-0.2, 0) is 4.79 Å². The Bertz CT molecular complexity index is 658. The van der Waals surface area contributed by atoms with Crippen molar-refractivity contribution in [2.24, 2.45) is 0 Å². The van der Waals surface area contributed by atoms with Crippen LogP contribution in [0.4, 0.5) is 0 Å². The number of aliphatic hydroxyl groups excluding tert-OH is 1. The molecule has 132 valence electrons. The number of carbonyl (C=O) groups excluding carboxylic acids is 1. The molecule has 2 aromatic rings. The van der Waals surface area contributed by atoms with Gasteiger partial charge in [0.1, 0.15) is 5.75 Å². The zero-order chi connectivity index (χ0) is 17.5. The molecule has 0 unspecified atom stereocenters. The van der Waals surface area contributed by atoms with Crippen LogP contribution >= 0.6 is 0 Å². The predicted octanol–water partition coefficient (Wildman–Crippen LogP) is 1.34. The van der Waals surface area contributed by atoms with E-state index in [0.29, 0.717) is 25.4 Å². The highest BCUT2D eigenvalue weighted by molar-refractivity contribution is 5.77. The molecule has 1 amide bonds. The molecule has 2 heterocycles. The normalized spacial score (nSPS) is 16.4. The molecule has 1 fully saturated rings. The van der Waals surface area contributed by atoms with Gasteiger partial charge in [0.15, 0.2) is 6.61 Å². The first-order valence-corrected chi connectivity index (χ1v) is 8.48. The second-order valence-electron chi connectivity index (χ2n) is 6.09. The maximum atomic E-state index is 12.2. The molecular formula is C19H23N3O3. The number of pyridine rings is 1. The number of hydrogen-bond donors (Lipinski definition) is 1. The lowest BCUT2D eigenvalue weighted by atomic mass is 10.1. The average Bonchev–Trinajstić information content (AvgIpc) is 2.68. The predicted molar refractivity (Wildman–Crippen MR) is 94.2 cm³/mol. The average molecular weight is 341 g/mol. The van der Waals surface area contributed by atoms with Crippen LogP contribution in [0.2, 0.25) is 0 Å². The van der Waals surface area contributed by atoms with Gasteiger partial charge in [-0.2, -0.15) is 0 Å². The highest BCUT2D eigenvalue weighted by Gasteiger charge is 2.23. The van der Waals surface area contributed by atoms with Crippen LogP contribution in [0.25, 0.3) is 0 Å². The van der Waals surface area contributed by atoms with Gasteiger partial charge in [0, 0.05) is 38.9 Å². The molecule has 3 rings (SSSR count). The maximum Gasteiger partial charge on any atom is 0.260 e. The Kier molecular flexibility index (Phi) is 5.98. The zero-order valence-corrected chi connectivity index (χ0v) is 14.1. The first-order valence-electron chi connectivity index (χ1n) is 8.48. The van der Waals surface area contributed by atoms with Crippen molar-refractivity contribution in [1.82, 2.24) is 14.8 Å². The Morgan fingerprint density at radius 2 is 1.88 bits per heavy atom. The van der Waals surface area contributed by atoms with Gasteiger partial charge in [-0.3, -0.25) is 14.7 Å². The molecule has 6 nitrogen and oxygen atoms in total. The summed E-state index contributed by atoms with van der Waals surface area (Å²) < 4.78 is 5.46. The number of amides is 1. The van der Waals surface area contributed by atoms with Crippen molar-refractivity contribution in [1.29, 1.82) is 0 Å². The third kappa shape index (κ3) is 5.01. The van der Waals surface area contributed by atoms with Crippen molar-refractivity contribution in [2.45, 2.75) is 6.10 Å². The van der Waals surface area contributed by atoms with Gasteiger partial charge < -0.3 is 14.7 Å². The number of nitrogens with zero attached hydrogens (tertiary/aromatic N) is 3. The molecule has 1 saturated heterocycles. The molecule has 0 bridgehead atoms. The van der Waals surface area contributed by atoms with E-state index in [9.17, 15) is 9.90 Å². The second kappa shape index (κ2) is 8.60. The molecular weight excluding hydrogens is 318 g/mol. The molecule has 1 aromatic heterocycles. The van der Waals surface area contributed by atoms with E-state index in [4.69, 9.17) is 4.74 Å². The van der Waals surface area contributed by atoms with Crippen LogP contribution in [0.5, 0.6) is 5.75 Å². The monoisotopic (exact) mass is 341 g/mol. The number of piperazine rings is 1. The van der Waals surface area contributed by atoms with Crippen LogP contribution in [0.1, 0.15) is 11.7 Å². The fourth-order valence-electron chi connectivity index (χ4n) is 2.87. The van der Waals surface area contributed by atoms with Crippen molar-refractivity contribution in [3.05, 3.63) is 60.4 Å². The number of rotatable bonds is 6. The highest BCUT2D eigenvalue weighted by Crippen LogP contribution is 2.15. The van der Waals surface area contributed by atoms with Crippen LogP contribution < -0.4 is 4.74 Å². The Balaban J connectivity index is 1.41. The first kappa shape index (κ1) is 17.4. The number of aliphatic hydroxyl groups is 1. The maximum absolute atomic E-state index is 12.2. The number of hydrogen-bond acceptors (Lipinski definition) is 5. The van der Waals surface area contributed by atoms with E-state index < -0.39 is 6.10 Å². The van der Waals surface area contributed by atoms with Crippen molar-refractivity contribution >= 4 is 5.91 Å². The van der Waals surface area contributed by atoms with E-state index in [0.717, 1.165) is 18.7 Å². The third-order valence-electron chi connectivity index (χ3n) is 4.34. The Morgan fingerprint density at radius 1 is 1.12 bits per heavy atom. The largest absolute Gasteiger partial charge is 0.482 e. The topological polar surface area (TPSA) is 65.9 Å². The highest BCUT2D eigenvalue weighted by atomic mass is 16.5. The minimum atomic E-state index is -0.502. The molecule has 0 spiro atoms. The molecule has 0 saturated carbocycles. The van der Waals surface area contributed by atoms with Gasteiger partial charge >= 0.3 is 0 Å². The van der Waals surface area contributed by atoms with Crippen molar-refractivity contribution in [2.75, 3.05) is 39.3 Å². The number of β-amino-alcohol motifs (C(OH)–C–C–N with tert-alkyl or cyclic N) is 1.